The molecule has 0 saturated carbocycles. The molecule has 134 valence electrons. The van der Waals surface area contributed by atoms with Crippen LogP contribution >= 0.6 is 0 Å². The molecule has 1 aliphatic heterocycles. The van der Waals surface area contributed by atoms with Gasteiger partial charge in [-0.15, -0.1) is 0 Å². The van der Waals surface area contributed by atoms with Gasteiger partial charge in [-0.1, -0.05) is 26.0 Å². The first kappa shape index (κ1) is 18.9. The number of piperidine rings is 1. The molecule has 1 heterocycles. The molecule has 0 bridgehead atoms. The number of rotatable bonds is 5. The predicted molar refractivity (Wildman–Crippen MR) is 95.0 cm³/mol. The molecule has 2 rings (SSSR count). The lowest BCUT2D eigenvalue weighted by Gasteiger charge is -2.50. The van der Waals surface area contributed by atoms with Crippen LogP contribution in [0.2, 0.25) is 0 Å². The summed E-state index contributed by atoms with van der Waals surface area (Å²) in [6, 6.07) is 7.80. The van der Waals surface area contributed by atoms with Crippen LogP contribution in [0.25, 0.3) is 0 Å². The first-order valence-corrected chi connectivity index (χ1v) is 8.43. The number of methoxy groups -OCH3 is 1. The minimum atomic E-state index is -0.898. The van der Waals surface area contributed by atoms with Crippen LogP contribution in [0.5, 0.6) is 0 Å². The van der Waals surface area contributed by atoms with E-state index in [-0.39, 0.29) is 5.91 Å². The van der Waals surface area contributed by atoms with E-state index in [9.17, 15) is 9.90 Å². The van der Waals surface area contributed by atoms with Crippen molar-refractivity contribution in [3.8, 4) is 0 Å². The summed E-state index contributed by atoms with van der Waals surface area (Å²) in [5, 5.41) is 10.8. The van der Waals surface area contributed by atoms with Crippen LogP contribution in [0.4, 0.5) is 0 Å². The Labute approximate surface area is 145 Å². The Hall–Kier alpha value is -1.43. The Morgan fingerprint density at radius 2 is 2.08 bits per heavy atom. The van der Waals surface area contributed by atoms with E-state index < -0.39 is 11.0 Å². The number of aliphatic hydroxyl groups is 1. The molecule has 5 nitrogen and oxygen atoms in total. The van der Waals surface area contributed by atoms with E-state index in [0.29, 0.717) is 31.7 Å². The predicted octanol–water partition coefficient (Wildman–Crippen LogP) is 2.00. The summed E-state index contributed by atoms with van der Waals surface area (Å²) < 4.78 is 5.19. The fourth-order valence-electron chi connectivity index (χ4n) is 3.39. The summed E-state index contributed by atoms with van der Waals surface area (Å²) in [7, 11) is 5.62. The van der Waals surface area contributed by atoms with Gasteiger partial charge in [-0.25, -0.2) is 0 Å². The Morgan fingerprint density at radius 1 is 1.38 bits per heavy atom. The Kier molecular flexibility index (Phi) is 5.68. The molecular weight excluding hydrogens is 304 g/mol. The van der Waals surface area contributed by atoms with Crippen molar-refractivity contribution in [3.63, 3.8) is 0 Å². The third kappa shape index (κ3) is 3.97. The van der Waals surface area contributed by atoms with Crippen LogP contribution in [0, 0.1) is 5.41 Å². The van der Waals surface area contributed by atoms with Crippen LogP contribution in [0.1, 0.15) is 36.2 Å². The number of hydrogen-bond acceptors (Lipinski definition) is 4. The molecule has 5 heteroatoms. The van der Waals surface area contributed by atoms with Crippen molar-refractivity contribution >= 4 is 5.91 Å². The second-order valence-corrected chi connectivity index (χ2v) is 7.76. The molecule has 0 unspecified atom stereocenters. The quantitative estimate of drug-likeness (QED) is 0.895. The minimum Gasteiger partial charge on any atom is -0.387 e. The summed E-state index contributed by atoms with van der Waals surface area (Å²) in [5.41, 5.74) is 0.518. The highest BCUT2D eigenvalue weighted by Crippen LogP contribution is 2.39. The molecule has 0 aliphatic carbocycles. The van der Waals surface area contributed by atoms with Crippen molar-refractivity contribution in [2.45, 2.75) is 32.4 Å². The van der Waals surface area contributed by atoms with Gasteiger partial charge in [0, 0.05) is 37.7 Å². The summed E-state index contributed by atoms with van der Waals surface area (Å²) in [6.45, 7) is 6.14. The van der Waals surface area contributed by atoms with E-state index in [2.05, 4.69) is 4.90 Å². The lowest BCUT2D eigenvalue weighted by molar-refractivity contribution is -0.144. The topological polar surface area (TPSA) is 53.0 Å². The molecule has 0 radical (unpaired) electrons. The van der Waals surface area contributed by atoms with Crippen LogP contribution in [-0.4, -0.2) is 67.3 Å². The van der Waals surface area contributed by atoms with Gasteiger partial charge in [-0.3, -0.25) is 4.79 Å². The standard InChI is InChI=1S/C19H30N2O3/c1-18(2)13-21(10-9-19(18,23)14-24-5)17(22)16-8-6-7-15(11-16)12-20(3)4/h6-8,11,23H,9-10,12-14H2,1-5H3/t19-/m1/s1. The molecule has 0 spiro atoms. The monoisotopic (exact) mass is 334 g/mol. The maximum atomic E-state index is 12.9. The second kappa shape index (κ2) is 7.21. The fraction of sp³-hybridized carbons (Fsp3) is 0.632. The van der Waals surface area contributed by atoms with Crippen molar-refractivity contribution in [1.29, 1.82) is 0 Å². The molecule has 1 N–H and O–H groups in total. The molecule has 1 aromatic carbocycles. The highest BCUT2D eigenvalue weighted by atomic mass is 16.5. The number of nitrogens with zero attached hydrogens (tertiary/aromatic N) is 2. The number of amides is 1. The van der Waals surface area contributed by atoms with E-state index >= 15 is 0 Å². The van der Waals surface area contributed by atoms with Gasteiger partial charge < -0.3 is 19.6 Å². The highest BCUT2D eigenvalue weighted by molar-refractivity contribution is 5.94. The Morgan fingerprint density at radius 3 is 2.67 bits per heavy atom. The molecule has 1 aromatic rings. The van der Waals surface area contributed by atoms with Crippen LogP contribution in [0.3, 0.4) is 0 Å². The Balaban J connectivity index is 2.14. The van der Waals surface area contributed by atoms with Crippen LogP contribution < -0.4 is 0 Å². The summed E-state index contributed by atoms with van der Waals surface area (Å²) in [5.74, 6) is 0.0307. The third-order valence-electron chi connectivity index (χ3n) is 4.98. The molecule has 0 aromatic heterocycles. The molecule has 1 fully saturated rings. The maximum Gasteiger partial charge on any atom is 0.253 e. The van der Waals surface area contributed by atoms with Gasteiger partial charge in [0.05, 0.1) is 12.2 Å². The summed E-state index contributed by atoms with van der Waals surface area (Å²) >= 11 is 0. The molecule has 24 heavy (non-hydrogen) atoms. The average Bonchev–Trinajstić information content (AvgIpc) is 2.49. The number of benzene rings is 1. The van der Waals surface area contributed by atoms with E-state index in [1.807, 2.05) is 57.1 Å². The first-order valence-electron chi connectivity index (χ1n) is 8.43. The van der Waals surface area contributed by atoms with Crippen molar-refractivity contribution in [1.82, 2.24) is 9.80 Å². The van der Waals surface area contributed by atoms with Crippen molar-refractivity contribution < 1.29 is 14.6 Å². The second-order valence-electron chi connectivity index (χ2n) is 7.76. The largest absolute Gasteiger partial charge is 0.387 e. The number of likely N-dealkylation sites (tertiary alicyclic amines) is 1. The smallest absolute Gasteiger partial charge is 0.253 e. The van der Waals surface area contributed by atoms with E-state index in [0.717, 1.165) is 12.1 Å². The van der Waals surface area contributed by atoms with Gasteiger partial charge in [0.25, 0.3) is 5.91 Å². The van der Waals surface area contributed by atoms with Gasteiger partial charge in [0.15, 0.2) is 0 Å². The zero-order chi connectivity index (χ0) is 18.0. The molecule has 1 atom stereocenters. The van der Waals surface area contributed by atoms with Gasteiger partial charge in [0.2, 0.25) is 0 Å². The number of ether oxygens (including phenoxy) is 1. The SMILES string of the molecule is COC[C@]1(O)CCN(C(=O)c2cccc(CN(C)C)c2)CC1(C)C. The Bertz CT molecular complexity index is 586. The van der Waals surface area contributed by atoms with Gasteiger partial charge in [-0.05, 0) is 38.2 Å². The number of hydrogen-bond donors (Lipinski definition) is 1. The van der Waals surface area contributed by atoms with Gasteiger partial charge in [-0.2, -0.15) is 0 Å². The maximum absolute atomic E-state index is 12.9. The lowest BCUT2D eigenvalue weighted by atomic mass is 9.70. The average molecular weight is 334 g/mol. The number of carbonyl (C=O) groups is 1. The van der Waals surface area contributed by atoms with Crippen LogP contribution in [-0.2, 0) is 11.3 Å². The molecule has 1 saturated heterocycles. The van der Waals surface area contributed by atoms with Crippen molar-refractivity contribution in [3.05, 3.63) is 35.4 Å². The normalized spacial score (nSPS) is 23.5. The van der Waals surface area contributed by atoms with Gasteiger partial charge in [0.1, 0.15) is 0 Å². The van der Waals surface area contributed by atoms with Crippen molar-refractivity contribution in [2.75, 3.05) is 40.9 Å². The lowest BCUT2D eigenvalue weighted by Crippen LogP contribution is -2.60. The zero-order valence-electron chi connectivity index (χ0n) is 15.5. The summed E-state index contributed by atoms with van der Waals surface area (Å²) in [4.78, 5) is 16.8. The third-order valence-corrected chi connectivity index (χ3v) is 4.98. The zero-order valence-corrected chi connectivity index (χ0v) is 15.5. The fourth-order valence-corrected chi connectivity index (χ4v) is 3.39. The molecule has 1 amide bonds. The van der Waals surface area contributed by atoms with Crippen LogP contribution in [0.15, 0.2) is 24.3 Å². The van der Waals surface area contributed by atoms with E-state index in [1.54, 1.807) is 7.11 Å². The number of carbonyl (C=O) groups excluding carboxylic acids is 1. The molecule has 1 aliphatic rings. The van der Waals surface area contributed by atoms with Gasteiger partial charge >= 0.3 is 0 Å². The van der Waals surface area contributed by atoms with E-state index in [1.165, 1.54) is 0 Å². The highest BCUT2D eigenvalue weighted by Gasteiger charge is 2.48. The first-order chi connectivity index (χ1) is 11.2. The summed E-state index contributed by atoms with van der Waals surface area (Å²) in [6.07, 6.45) is 0.525. The van der Waals surface area contributed by atoms with Crippen molar-refractivity contribution in [2.24, 2.45) is 5.41 Å². The molecular formula is C19H30N2O3. The van der Waals surface area contributed by atoms with E-state index in [4.69, 9.17) is 4.74 Å². The minimum absolute atomic E-state index is 0.0307.